The first-order valence-electron chi connectivity index (χ1n) is 7.18. The van der Waals surface area contributed by atoms with Crippen molar-refractivity contribution in [2.45, 2.75) is 52.0 Å². The minimum Gasteiger partial charge on any atom is -0.380 e. The average Bonchev–Trinajstić information content (AvgIpc) is 2.27. The van der Waals surface area contributed by atoms with Gasteiger partial charge in [0.25, 0.3) is 0 Å². The molecule has 0 spiro atoms. The van der Waals surface area contributed by atoms with Crippen LogP contribution in [0.25, 0.3) is 0 Å². The smallest absolute Gasteiger partial charge is 0.0593 e. The number of ether oxygens (including phenoxy) is 1. The quantitative estimate of drug-likeness (QED) is 0.696. The fraction of sp³-hybridized carbons (Fsp3) is 1.00. The number of nitrogens with two attached hydrogens (primary N) is 1. The highest BCUT2D eigenvalue weighted by Crippen LogP contribution is 2.30. The third kappa shape index (κ3) is 5.36. The fourth-order valence-corrected chi connectivity index (χ4v) is 2.98. The monoisotopic (exact) mass is 242 g/mol. The lowest BCUT2D eigenvalue weighted by Crippen LogP contribution is -2.53. The summed E-state index contributed by atoms with van der Waals surface area (Å²) in [6.45, 7) is 11.3. The minimum atomic E-state index is 0.0416. The highest BCUT2D eigenvalue weighted by Gasteiger charge is 2.32. The SMILES string of the molecule is CCOCCN(CC)CC1(N)CCCC(C)C1. The van der Waals surface area contributed by atoms with Crippen LogP contribution < -0.4 is 5.73 Å². The van der Waals surface area contributed by atoms with Crippen molar-refractivity contribution in [1.29, 1.82) is 0 Å². The van der Waals surface area contributed by atoms with Crippen molar-refractivity contribution in [2.24, 2.45) is 11.7 Å². The number of likely N-dealkylation sites (N-methyl/N-ethyl adjacent to an activating group) is 1. The normalized spacial score (nSPS) is 29.8. The molecule has 0 aromatic carbocycles. The van der Waals surface area contributed by atoms with Gasteiger partial charge in [0.05, 0.1) is 6.61 Å². The number of nitrogens with zero attached hydrogens (tertiary/aromatic N) is 1. The molecule has 0 aromatic rings. The van der Waals surface area contributed by atoms with Crippen LogP contribution in [0.2, 0.25) is 0 Å². The molecular formula is C14H30N2O. The number of rotatable bonds is 7. The number of hydrogen-bond donors (Lipinski definition) is 1. The summed E-state index contributed by atoms with van der Waals surface area (Å²) in [6.07, 6.45) is 5.01. The van der Waals surface area contributed by atoms with E-state index < -0.39 is 0 Å². The van der Waals surface area contributed by atoms with Crippen LogP contribution in [-0.4, -0.2) is 43.3 Å². The summed E-state index contributed by atoms with van der Waals surface area (Å²) in [7, 11) is 0. The van der Waals surface area contributed by atoms with Crippen LogP contribution >= 0.6 is 0 Å². The second-order valence-corrected chi connectivity index (χ2v) is 5.63. The van der Waals surface area contributed by atoms with Gasteiger partial charge in [-0.3, -0.25) is 4.90 Å². The van der Waals surface area contributed by atoms with Crippen molar-refractivity contribution < 1.29 is 4.74 Å². The number of hydrogen-bond acceptors (Lipinski definition) is 3. The van der Waals surface area contributed by atoms with Gasteiger partial charge in [0.15, 0.2) is 0 Å². The Labute approximate surface area is 107 Å². The lowest BCUT2D eigenvalue weighted by Gasteiger charge is -2.40. The Morgan fingerprint density at radius 3 is 2.76 bits per heavy atom. The molecule has 2 N–H and O–H groups in total. The van der Waals surface area contributed by atoms with Crippen LogP contribution in [0, 0.1) is 5.92 Å². The summed E-state index contributed by atoms with van der Waals surface area (Å²) in [5, 5.41) is 0. The van der Waals surface area contributed by atoms with E-state index in [0.29, 0.717) is 0 Å². The molecule has 0 amide bonds. The molecule has 1 saturated carbocycles. The second kappa shape index (κ2) is 7.34. The first-order chi connectivity index (χ1) is 8.09. The second-order valence-electron chi connectivity index (χ2n) is 5.63. The Morgan fingerprint density at radius 2 is 2.18 bits per heavy atom. The highest BCUT2D eigenvalue weighted by atomic mass is 16.5. The summed E-state index contributed by atoms with van der Waals surface area (Å²) in [5.74, 6) is 0.791. The van der Waals surface area contributed by atoms with Crippen molar-refractivity contribution in [3.05, 3.63) is 0 Å². The molecule has 0 radical (unpaired) electrons. The standard InChI is InChI=1S/C14H30N2O/c1-4-16(9-10-17-5-2)12-14(15)8-6-7-13(3)11-14/h13H,4-12,15H2,1-3H3. The molecule has 1 rings (SSSR count). The zero-order valence-corrected chi connectivity index (χ0v) is 11.9. The maximum Gasteiger partial charge on any atom is 0.0593 e. The lowest BCUT2D eigenvalue weighted by molar-refractivity contribution is 0.0934. The van der Waals surface area contributed by atoms with Gasteiger partial charge in [-0.25, -0.2) is 0 Å². The van der Waals surface area contributed by atoms with Crippen LogP contribution in [0.1, 0.15) is 46.5 Å². The summed E-state index contributed by atoms with van der Waals surface area (Å²) >= 11 is 0. The van der Waals surface area contributed by atoms with Crippen molar-refractivity contribution in [2.75, 3.05) is 32.8 Å². The van der Waals surface area contributed by atoms with Crippen molar-refractivity contribution >= 4 is 0 Å². The van der Waals surface area contributed by atoms with Gasteiger partial charge in [0.2, 0.25) is 0 Å². The third-order valence-corrected chi connectivity index (χ3v) is 3.87. The molecule has 1 aliphatic carbocycles. The lowest BCUT2D eigenvalue weighted by atomic mass is 9.77. The first-order valence-corrected chi connectivity index (χ1v) is 7.18. The molecule has 17 heavy (non-hydrogen) atoms. The zero-order valence-electron chi connectivity index (χ0n) is 11.9. The molecule has 0 heterocycles. The van der Waals surface area contributed by atoms with E-state index in [1.54, 1.807) is 0 Å². The van der Waals surface area contributed by atoms with Gasteiger partial charge in [-0.15, -0.1) is 0 Å². The van der Waals surface area contributed by atoms with Crippen LogP contribution in [0.4, 0.5) is 0 Å². The molecule has 1 fully saturated rings. The van der Waals surface area contributed by atoms with Crippen molar-refractivity contribution in [3.8, 4) is 0 Å². The van der Waals surface area contributed by atoms with Gasteiger partial charge < -0.3 is 10.5 Å². The molecule has 0 bridgehead atoms. The van der Waals surface area contributed by atoms with E-state index in [4.69, 9.17) is 10.5 Å². The Balaban J connectivity index is 2.37. The van der Waals surface area contributed by atoms with Crippen LogP contribution in [0.3, 0.4) is 0 Å². The summed E-state index contributed by atoms with van der Waals surface area (Å²) in [4.78, 5) is 2.44. The van der Waals surface area contributed by atoms with Gasteiger partial charge >= 0.3 is 0 Å². The van der Waals surface area contributed by atoms with Crippen LogP contribution in [0.15, 0.2) is 0 Å². The molecule has 2 atom stereocenters. The largest absolute Gasteiger partial charge is 0.380 e. The highest BCUT2D eigenvalue weighted by molar-refractivity contribution is 4.92. The summed E-state index contributed by atoms with van der Waals surface area (Å²) in [5.41, 5.74) is 6.59. The van der Waals surface area contributed by atoms with E-state index in [1.165, 1.54) is 25.7 Å². The molecule has 102 valence electrons. The molecule has 2 unspecified atom stereocenters. The van der Waals surface area contributed by atoms with Crippen LogP contribution in [-0.2, 0) is 4.74 Å². The Bertz CT molecular complexity index is 210. The molecule has 3 nitrogen and oxygen atoms in total. The fourth-order valence-electron chi connectivity index (χ4n) is 2.98. The average molecular weight is 242 g/mol. The van der Waals surface area contributed by atoms with Gasteiger partial charge in [0.1, 0.15) is 0 Å². The summed E-state index contributed by atoms with van der Waals surface area (Å²) in [6, 6.07) is 0. The van der Waals surface area contributed by atoms with Crippen molar-refractivity contribution in [1.82, 2.24) is 4.90 Å². The minimum absolute atomic E-state index is 0.0416. The van der Waals surface area contributed by atoms with Gasteiger partial charge in [-0.2, -0.15) is 0 Å². The Kier molecular flexibility index (Phi) is 6.45. The first kappa shape index (κ1) is 14.9. The van der Waals surface area contributed by atoms with E-state index in [-0.39, 0.29) is 5.54 Å². The Morgan fingerprint density at radius 1 is 1.41 bits per heavy atom. The van der Waals surface area contributed by atoms with Gasteiger partial charge in [0, 0.05) is 25.2 Å². The maximum atomic E-state index is 6.55. The maximum absolute atomic E-state index is 6.55. The molecular weight excluding hydrogens is 212 g/mol. The van der Waals surface area contributed by atoms with Crippen molar-refractivity contribution in [3.63, 3.8) is 0 Å². The zero-order chi connectivity index (χ0) is 12.7. The van der Waals surface area contributed by atoms with E-state index in [0.717, 1.165) is 38.8 Å². The predicted octanol–water partition coefficient (Wildman–Crippen LogP) is 2.25. The summed E-state index contributed by atoms with van der Waals surface area (Å²) < 4.78 is 5.43. The van der Waals surface area contributed by atoms with Gasteiger partial charge in [-0.05, 0) is 32.2 Å². The molecule has 1 aliphatic rings. The van der Waals surface area contributed by atoms with Crippen LogP contribution in [0.5, 0.6) is 0 Å². The molecule has 0 aromatic heterocycles. The third-order valence-electron chi connectivity index (χ3n) is 3.87. The van der Waals surface area contributed by atoms with E-state index >= 15 is 0 Å². The van der Waals surface area contributed by atoms with E-state index in [9.17, 15) is 0 Å². The molecule has 0 aliphatic heterocycles. The van der Waals surface area contributed by atoms with E-state index in [2.05, 4.69) is 18.7 Å². The Hall–Kier alpha value is -0.120. The predicted molar refractivity (Wildman–Crippen MR) is 73.2 cm³/mol. The molecule has 0 saturated heterocycles. The van der Waals surface area contributed by atoms with E-state index in [1.807, 2.05) is 6.92 Å². The topological polar surface area (TPSA) is 38.5 Å². The molecule has 3 heteroatoms. The van der Waals surface area contributed by atoms with Gasteiger partial charge in [-0.1, -0.05) is 26.7 Å².